The van der Waals surface area contributed by atoms with E-state index >= 15 is 0 Å². The van der Waals surface area contributed by atoms with E-state index in [9.17, 15) is 0 Å². The fourth-order valence-electron chi connectivity index (χ4n) is 6.10. The Morgan fingerprint density at radius 1 is 0.362 bits per heavy atom. The first-order valence-electron chi connectivity index (χ1n) is 15.4. The highest BCUT2D eigenvalue weighted by atomic mass is 16.3. The van der Waals surface area contributed by atoms with Crippen LogP contribution < -0.4 is 0 Å². The van der Waals surface area contributed by atoms with Crippen LogP contribution in [-0.4, -0.2) is 24.9 Å². The van der Waals surface area contributed by atoms with E-state index in [1.807, 2.05) is 121 Å². The fraction of sp³-hybridized carbons (Fsp3) is 0. The number of rotatable bonds is 5. The normalized spacial score (nSPS) is 11.4. The molecular weight excluding hydrogens is 578 g/mol. The van der Waals surface area contributed by atoms with Gasteiger partial charge in [0, 0.05) is 44.0 Å². The van der Waals surface area contributed by atoms with Gasteiger partial charge in [0.1, 0.15) is 11.2 Å². The quantitative estimate of drug-likeness (QED) is 0.195. The molecule has 0 fully saturated rings. The summed E-state index contributed by atoms with van der Waals surface area (Å²) in [7, 11) is 0. The molecule has 0 amide bonds. The van der Waals surface area contributed by atoms with Gasteiger partial charge in [-0.25, -0.2) is 24.9 Å². The Labute approximate surface area is 270 Å². The van der Waals surface area contributed by atoms with Crippen molar-refractivity contribution in [1.29, 1.82) is 0 Å². The maximum Gasteiger partial charge on any atom is 0.164 e. The molecule has 9 rings (SSSR count). The van der Waals surface area contributed by atoms with Crippen LogP contribution in [0.2, 0.25) is 0 Å². The number of hydrogen-bond acceptors (Lipinski definition) is 6. The maximum atomic E-state index is 6.39. The van der Waals surface area contributed by atoms with E-state index < -0.39 is 0 Å². The first-order chi connectivity index (χ1) is 23.3. The zero-order valence-corrected chi connectivity index (χ0v) is 25.1. The molecule has 0 radical (unpaired) electrons. The van der Waals surface area contributed by atoms with E-state index in [1.54, 1.807) is 0 Å². The highest BCUT2D eigenvalue weighted by Gasteiger charge is 2.19. The van der Waals surface area contributed by atoms with E-state index in [0.29, 0.717) is 23.3 Å². The summed E-state index contributed by atoms with van der Waals surface area (Å²) in [6.45, 7) is 0. The summed E-state index contributed by atoms with van der Waals surface area (Å²) in [5.74, 6) is 2.45. The van der Waals surface area contributed by atoms with E-state index in [4.69, 9.17) is 29.3 Å². The minimum atomic E-state index is 0.583. The van der Waals surface area contributed by atoms with Crippen LogP contribution in [-0.2, 0) is 0 Å². The Morgan fingerprint density at radius 3 is 1.64 bits per heavy atom. The van der Waals surface area contributed by atoms with Crippen molar-refractivity contribution in [2.45, 2.75) is 0 Å². The molecule has 3 heterocycles. The molecule has 220 valence electrons. The van der Waals surface area contributed by atoms with E-state index in [2.05, 4.69) is 30.3 Å². The van der Waals surface area contributed by atoms with Gasteiger partial charge >= 0.3 is 0 Å². The molecule has 0 saturated carbocycles. The van der Waals surface area contributed by atoms with Crippen molar-refractivity contribution in [2.75, 3.05) is 0 Å². The van der Waals surface area contributed by atoms with Crippen LogP contribution >= 0.6 is 0 Å². The zero-order valence-electron chi connectivity index (χ0n) is 25.1. The largest absolute Gasteiger partial charge is 0.456 e. The first kappa shape index (κ1) is 26.8. The summed E-state index contributed by atoms with van der Waals surface area (Å²) in [6.07, 6.45) is 0. The van der Waals surface area contributed by atoms with Crippen molar-refractivity contribution in [3.8, 4) is 56.8 Å². The molecule has 0 aliphatic heterocycles. The van der Waals surface area contributed by atoms with Crippen molar-refractivity contribution < 1.29 is 4.42 Å². The Bertz CT molecular complexity index is 2510. The molecule has 0 aliphatic rings. The lowest BCUT2D eigenvalue weighted by Crippen LogP contribution is -2.00. The second-order valence-corrected chi connectivity index (χ2v) is 11.3. The minimum absolute atomic E-state index is 0.583. The Kier molecular flexibility index (Phi) is 6.35. The number of para-hydroxylation sites is 1. The molecule has 47 heavy (non-hydrogen) atoms. The second kappa shape index (κ2) is 11.1. The molecule has 0 spiro atoms. The number of nitrogens with zero attached hydrogens (tertiary/aromatic N) is 5. The number of furan rings is 1. The second-order valence-electron chi connectivity index (χ2n) is 11.3. The van der Waals surface area contributed by atoms with Gasteiger partial charge in [-0.2, -0.15) is 0 Å². The molecule has 0 unspecified atom stereocenters. The van der Waals surface area contributed by atoms with Gasteiger partial charge in [-0.3, -0.25) is 0 Å². The highest BCUT2D eigenvalue weighted by Crippen LogP contribution is 2.39. The monoisotopic (exact) mass is 603 g/mol. The maximum absolute atomic E-state index is 6.39. The first-order valence-corrected chi connectivity index (χ1v) is 15.4. The number of benzene rings is 6. The third-order valence-corrected chi connectivity index (χ3v) is 8.34. The Morgan fingerprint density at radius 2 is 0.957 bits per heavy atom. The average Bonchev–Trinajstić information content (AvgIpc) is 3.53. The molecule has 3 aromatic heterocycles. The standard InChI is InChI=1S/C41H25N5O/c1-4-13-26(14-5-1)37-30-19-10-11-21-33(30)42-41(43-37)31-20-12-22-35-36(31)32-25-29(23-24-34(32)47-35)40-45-38(27-15-6-2-7-16-27)44-39(46-40)28-17-8-3-9-18-28/h1-25H. The Balaban J connectivity index is 1.26. The van der Waals surface area contributed by atoms with Crippen LogP contribution in [0.1, 0.15) is 0 Å². The predicted octanol–water partition coefficient (Wildman–Crippen LogP) is 10.0. The van der Waals surface area contributed by atoms with Crippen LogP contribution in [0, 0.1) is 0 Å². The van der Waals surface area contributed by atoms with Crippen molar-refractivity contribution in [1.82, 2.24) is 24.9 Å². The van der Waals surface area contributed by atoms with Crippen molar-refractivity contribution in [3.05, 3.63) is 152 Å². The SMILES string of the molecule is c1ccc(-c2nc(-c3ccccc3)nc(-c3ccc4oc5cccc(-c6nc(-c7ccccc7)c7ccccc7n6)c5c4c3)n2)cc1. The van der Waals surface area contributed by atoms with Crippen LogP contribution in [0.15, 0.2) is 156 Å². The zero-order chi connectivity index (χ0) is 31.2. The van der Waals surface area contributed by atoms with Crippen molar-refractivity contribution >= 4 is 32.8 Å². The van der Waals surface area contributed by atoms with Gasteiger partial charge < -0.3 is 4.42 Å². The third kappa shape index (κ3) is 4.80. The van der Waals surface area contributed by atoms with Gasteiger partial charge in [-0.1, -0.05) is 121 Å². The lowest BCUT2D eigenvalue weighted by molar-refractivity contribution is 0.669. The molecular formula is C41H25N5O. The molecule has 9 aromatic rings. The number of fused-ring (bicyclic) bond motifs is 4. The van der Waals surface area contributed by atoms with Gasteiger partial charge in [0.2, 0.25) is 0 Å². The molecule has 0 saturated heterocycles. The molecule has 0 atom stereocenters. The Hall–Kier alpha value is -6.53. The average molecular weight is 604 g/mol. The van der Waals surface area contributed by atoms with Gasteiger partial charge in [0.25, 0.3) is 0 Å². The fourth-order valence-corrected chi connectivity index (χ4v) is 6.10. The molecule has 6 nitrogen and oxygen atoms in total. The van der Waals surface area contributed by atoms with Crippen LogP contribution in [0.5, 0.6) is 0 Å². The predicted molar refractivity (Wildman–Crippen MR) is 187 cm³/mol. The van der Waals surface area contributed by atoms with E-state index in [-0.39, 0.29) is 0 Å². The molecule has 0 N–H and O–H groups in total. The third-order valence-electron chi connectivity index (χ3n) is 8.34. The highest BCUT2D eigenvalue weighted by molar-refractivity contribution is 6.13. The molecule has 0 aliphatic carbocycles. The lowest BCUT2D eigenvalue weighted by atomic mass is 10.0. The van der Waals surface area contributed by atoms with Crippen LogP contribution in [0.3, 0.4) is 0 Å². The van der Waals surface area contributed by atoms with Gasteiger partial charge in [0.05, 0.1) is 11.2 Å². The summed E-state index contributed by atoms with van der Waals surface area (Å²) in [5, 5.41) is 2.89. The summed E-state index contributed by atoms with van der Waals surface area (Å²) in [5.41, 5.74) is 7.94. The van der Waals surface area contributed by atoms with Crippen LogP contribution in [0.25, 0.3) is 89.7 Å². The molecule has 6 aromatic carbocycles. The smallest absolute Gasteiger partial charge is 0.164 e. The molecule has 0 bridgehead atoms. The van der Waals surface area contributed by atoms with E-state index in [1.165, 1.54) is 0 Å². The summed E-state index contributed by atoms with van der Waals surface area (Å²) < 4.78 is 6.39. The minimum Gasteiger partial charge on any atom is -0.456 e. The lowest BCUT2D eigenvalue weighted by Gasteiger charge is -2.10. The summed E-state index contributed by atoms with van der Waals surface area (Å²) >= 11 is 0. The van der Waals surface area contributed by atoms with Gasteiger partial charge in [-0.05, 0) is 30.3 Å². The van der Waals surface area contributed by atoms with Gasteiger partial charge in [0.15, 0.2) is 23.3 Å². The van der Waals surface area contributed by atoms with Crippen molar-refractivity contribution in [2.24, 2.45) is 0 Å². The van der Waals surface area contributed by atoms with Gasteiger partial charge in [-0.15, -0.1) is 0 Å². The van der Waals surface area contributed by atoms with Crippen LogP contribution in [0.4, 0.5) is 0 Å². The number of hydrogen-bond donors (Lipinski definition) is 0. The summed E-state index contributed by atoms with van der Waals surface area (Å²) in [6, 6.07) is 50.5. The topological polar surface area (TPSA) is 77.6 Å². The number of aromatic nitrogens is 5. The summed E-state index contributed by atoms with van der Waals surface area (Å²) in [4.78, 5) is 25.0. The molecule has 6 heteroatoms. The van der Waals surface area contributed by atoms with Crippen molar-refractivity contribution in [3.63, 3.8) is 0 Å². The van der Waals surface area contributed by atoms with E-state index in [0.717, 1.165) is 66.4 Å².